The SMILES string of the molecule is C=CCOC(=O)NC(C)(CCCC)C(=O)O. The van der Waals surface area contributed by atoms with E-state index in [1.54, 1.807) is 0 Å². The first-order chi connectivity index (χ1) is 7.46. The van der Waals surface area contributed by atoms with Crippen molar-refractivity contribution >= 4 is 12.1 Å². The lowest BCUT2D eigenvalue weighted by Gasteiger charge is -2.25. The molecule has 2 N–H and O–H groups in total. The molecule has 0 aromatic rings. The van der Waals surface area contributed by atoms with E-state index in [9.17, 15) is 9.59 Å². The number of amides is 1. The number of hydrogen-bond donors (Lipinski definition) is 2. The van der Waals surface area contributed by atoms with Crippen molar-refractivity contribution in [3.8, 4) is 0 Å². The summed E-state index contributed by atoms with van der Waals surface area (Å²) in [5.41, 5.74) is -1.27. The Morgan fingerprint density at radius 1 is 1.56 bits per heavy atom. The number of nitrogens with one attached hydrogen (secondary N) is 1. The highest BCUT2D eigenvalue weighted by atomic mass is 16.5. The summed E-state index contributed by atoms with van der Waals surface area (Å²) in [6, 6.07) is 0. The molecule has 0 bridgehead atoms. The highest BCUT2D eigenvalue weighted by molar-refractivity contribution is 5.83. The quantitative estimate of drug-likeness (QED) is 0.654. The van der Waals surface area contributed by atoms with Crippen LogP contribution in [0.4, 0.5) is 4.79 Å². The average Bonchev–Trinajstić information content (AvgIpc) is 2.23. The number of carboxylic acids is 1. The Balaban J connectivity index is 4.36. The molecule has 0 heterocycles. The van der Waals surface area contributed by atoms with Crippen molar-refractivity contribution < 1.29 is 19.4 Å². The summed E-state index contributed by atoms with van der Waals surface area (Å²) in [6.07, 6.45) is 2.66. The van der Waals surface area contributed by atoms with E-state index in [4.69, 9.17) is 5.11 Å². The number of aliphatic carboxylic acids is 1. The standard InChI is InChI=1S/C11H19NO4/c1-4-6-7-11(3,9(13)14)12-10(15)16-8-5-2/h5H,2,4,6-8H2,1,3H3,(H,12,15)(H,13,14). The predicted molar refractivity (Wildman–Crippen MR) is 60.2 cm³/mol. The van der Waals surface area contributed by atoms with Gasteiger partial charge >= 0.3 is 12.1 Å². The van der Waals surface area contributed by atoms with E-state index in [2.05, 4.69) is 16.6 Å². The lowest BCUT2D eigenvalue weighted by molar-refractivity contribution is -0.144. The monoisotopic (exact) mass is 229 g/mol. The normalized spacial score (nSPS) is 13.6. The van der Waals surface area contributed by atoms with Gasteiger partial charge in [-0.1, -0.05) is 32.4 Å². The smallest absolute Gasteiger partial charge is 0.408 e. The molecule has 0 rings (SSSR count). The van der Waals surface area contributed by atoms with Crippen LogP contribution in [-0.2, 0) is 9.53 Å². The van der Waals surface area contributed by atoms with Gasteiger partial charge in [0.05, 0.1) is 0 Å². The molecule has 0 saturated carbocycles. The summed E-state index contributed by atoms with van der Waals surface area (Å²) in [7, 11) is 0. The Kier molecular flexibility index (Phi) is 6.22. The zero-order valence-electron chi connectivity index (χ0n) is 9.78. The molecule has 1 amide bonds. The molecule has 0 spiro atoms. The summed E-state index contributed by atoms with van der Waals surface area (Å²) >= 11 is 0. The van der Waals surface area contributed by atoms with Gasteiger partial charge in [0.2, 0.25) is 0 Å². The van der Waals surface area contributed by atoms with Crippen molar-refractivity contribution in [3.63, 3.8) is 0 Å². The molecule has 0 aliphatic rings. The van der Waals surface area contributed by atoms with Gasteiger partial charge in [0.15, 0.2) is 0 Å². The summed E-state index contributed by atoms with van der Waals surface area (Å²) < 4.78 is 4.69. The second-order valence-electron chi connectivity index (χ2n) is 3.75. The van der Waals surface area contributed by atoms with Crippen molar-refractivity contribution in [1.82, 2.24) is 5.32 Å². The van der Waals surface area contributed by atoms with Crippen LogP contribution in [0.1, 0.15) is 33.1 Å². The van der Waals surface area contributed by atoms with E-state index >= 15 is 0 Å². The van der Waals surface area contributed by atoms with Gasteiger partial charge in [-0.25, -0.2) is 9.59 Å². The predicted octanol–water partition coefficient (Wildman–Crippen LogP) is 1.93. The van der Waals surface area contributed by atoms with Gasteiger partial charge in [0.1, 0.15) is 12.1 Å². The molecule has 5 heteroatoms. The molecule has 0 saturated heterocycles. The maximum atomic E-state index is 11.2. The molecule has 1 unspecified atom stereocenters. The van der Waals surface area contributed by atoms with Gasteiger partial charge < -0.3 is 15.2 Å². The van der Waals surface area contributed by atoms with Crippen LogP contribution >= 0.6 is 0 Å². The molecule has 92 valence electrons. The fraction of sp³-hybridized carbons (Fsp3) is 0.636. The third-order valence-corrected chi connectivity index (χ3v) is 2.21. The first-order valence-electron chi connectivity index (χ1n) is 5.25. The van der Waals surface area contributed by atoms with E-state index in [-0.39, 0.29) is 6.61 Å². The van der Waals surface area contributed by atoms with Gasteiger partial charge in [0, 0.05) is 0 Å². The minimum Gasteiger partial charge on any atom is -0.480 e. The zero-order valence-corrected chi connectivity index (χ0v) is 9.78. The lowest BCUT2D eigenvalue weighted by Crippen LogP contribution is -2.52. The largest absolute Gasteiger partial charge is 0.480 e. The number of unbranched alkanes of at least 4 members (excludes halogenated alkanes) is 1. The van der Waals surface area contributed by atoms with Gasteiger partial charge in [-0.2, -0.15) is 0 Å². The first-order valence-corrected chi connectivity index (χ1v) is 5.25. The fourth-order valence-electron chi connectivity index (χ4n) is 1.15. The number of carbonyl (C=O) groups is 2. The van der Waals surface area contributed by atoms with E-state index in [0.29, 0.717) is 6.42 Å². The second-order valence-corrected chi connectivity index (χ2v) is 3.75. The molecular weight excluding hydrogens is 210 g/mol. The number of carboxylic acid groups (broad SMARTS) is 1. The zero-order chi connectivity index (χ0) is 12.6. The fourth-order valence-corrected chi connectivity index (χ4v) is 1.15. The first kappa shape index (κ1) is 14.5. The molecule has 0 aliphatic heterocycles. The number of ether oxygens (including phenoxy) is 1. The highest BCUT2D eigenvalue weighted by Crippen LogP contribution is 2.14. The van der Waals surface area contributed by atoms with Crippen LogP contribution in [0.25, 0.3) is 0 Å². The second kappa shape index (κ2) is 6.87. The van der Waals surface area contributed by atoms with Crippen LogP contribution < -0.4 is 5.32 Å². The van der Waals surface area contributed by atoms with E-state index in [0.717, 1.165) is 12.8 Å². The summed E-state index contributed by atoms with van der Waals surface area (Å²) in [5.74, 6) is -1.06. The number of alkyl carbamates (subject to hydrolysis) is 1. The number of carbonyl (C=O) groups excluding carboxylic acids is 1. The van der Waals surface area contributed by atoms with Crippen molar-refractivity contribution in [2.45, 2.75) is 38.6 Å². The van der Waals surface area contributed by atoms with Crippen LogP contribution in [0.2, 0.25) is 0 Å². The molecule has 1 atom stereocenters. The number of rotatable bonds is 7. The van der Waals surface area contributed by atoms with Crippen molar-refractivity contribution in [2.75, 3.05) is 6.61 Å². The Morgan fingerprint density at radius 3 is 2.62 bits per heavy atom. The molecule has 0 aromatic heterocycles. The van der Waals surface area contributed by atoms with E-state index < -0.39 is 17.6 Å². The molecule has 0 radical (unpaired) electrons. The summed E-state index contributed by atoms with van der Waals surface area (Å²) in [6.45, 7) is 6.89. The highest BCUT2D eigenvalue weighted by Gasteiger charge is 2.34. The van der Waals surface area contributed by atoms with Crippen LogP contribution in [0.3, 0.4) is 0 Å². The van der Waals surface area contributed by atoms with Crippen LogP contribution in [0.15, 0.2) is 12.7 Å². The van der Waals surface area contributed by atoms with Crippen LogP contribution in [0.5, 0.6) is 0 Å². The molecule has 0 fully saturated rings. The molecule has 5 nitrogen and oxygen atoms in total. The van der Waals surface area contributed by atoms with E-state index in [1.807, 2.05) is 6.92 Å². The summed E-state index contributed by atoms with van der Waals surface area (Å²) in [4.78, 5) is 22.3. The van der Waals surface area contributed by atoms with Crippen molar-refractivity contribution in [2.24, 2.45) is 0 Å². The van der Waals surface area contributed by atoms with Crippen molar-refractivity contribution in [3.05, 3.63) is 12.7 Å². The van der Waals surface area contributed by atoms with Gasteiger partial charge in [-0.3, -0.25) is 0 Å². The minimum atomic E-state index is -1.27. The van der Waals surface area contributed by atoms with Gasteiger partial charge in [-0.15, -0.1) is 0 Å². The molecule has 16 heavy (non-hydrogen) atoms. The van der Waals surface area contributed by atoms with Crippen molar-refractivity contribution in [1.29, 1.82) is 0 Å². The maximum absolute atomic E-state index is 11.2. The maximum Gasteiger partial charge on any atom is 0.408 e. The van der Waals surface area contributed by atoms with Gasteiger partial charge in [0.25, 0.3) is 0 Å². The van der Waals surface area contributed by atoms with Gasteiger partial charge in [-0.05, 0) is 13.3 Å². The molecule has 0 aromatic carbocycles. The summed E-state index contributed by atoms with van der Waals surface area (Å²) in [5, 5.41) is 11.4. The minimum absolute atomic E-state index is 0.0648. The van der Waals surface area contributed by atoms with Crippen LogP contribution in [0, 0.1) is 0 Å². The Labute approximate surface area is 95.5 Å². The van der Waals surface area contributed by atoms with Crippen LogP contribution in [-0.4, -0.2) is 29.3 Å². The molecule has 0 aliphatic carbocycles. The number of hydrogen-bond acceptors (Lipinski definition) is 3. The Hall–Kier alpha value is -1.52. The Morgan fingerprint density at radius 2 is 2.19 bits per heavy atom. The van der Waals surface area contributed by atoms with E-state index in [1.165, 1.54) is 13.0 Å². The Bertz CT molecular complexity index is 265. The third kappa shape index (κ3) is 4.82. The third-order valence-electron chi connectivity index (χ3n) is 2.21. The lowest BCUT2D eigenvalue weighted by atomic mass is 9.95. The topological polar surface area (TPSA) is 75.6 Å². The molecular formula is C11H19NO4. The average molecular weight is 229 g/mol.